The van der Waals surface area contributed by atoms with E-state index in [-0.39, 0.29) is 43.1 Å². The van der Waals surface area contributed by atoms with Gasteiger partial charge < -0.3 is 10.6 Å². The Labute approximate surface area is 122 Å². The van der Waals surface area contributed by atoms with Crippen LogP contribution in [0.5, 0.6) is 0 Å². The zero-order valence-electron chi connectivity index (χ0n) is 12.0. The van der Waals surface area contributed by atoms with Gasteiger partial charge in [0, 0.05) is 13.1 Å². The molecule has 1 amide bonds. The smallest absolute Gasteiger partial charge is 0.239 e. The highest BCUT2D eigenvalue weighted by Gasteiger charge is 2.42. The number of carbonyl (C=O) groups excluding carboxylic acids is 1. The van der Waals surface area contributed by atoms with Crippen LogP contribution in [-0.4, -0.2) is 48.9 Å². The fourth-order valence-electron chi connectivity index (χ4n) is 2.04. The summed E-state index contributed by atoms with van der Waals surface area (Å²) < 4.78 is 22.8. The second kappa shape index (κ2) is 6.41. The van der Waals surface area contributed by atoms with E-state index >= 15 is 0 Å². The van der Waals surface area contributed by atoms with E-state index in [1.54, 1.807) is 18.7 Å². The van der Waals surface area contributed by atoms with E-state index in [0.717, 1.165) is 6.42 Å². The minimum atomic E-state index is -3.11. The maximum Gasteiger partial charge on any atom is 0.239 e. The van der Waals surface area contributed by atoms with Crippen molar-refractivity contribution in [2.45, 2.75) is 44.9 Å². The van der Waals surface area contributed by atoms with Crippen LogP contribution in [-0.2, 0) is 14.6 Å². The average molecular weight is 313 g/mol. The molecular formula is C12H25ClN2O3S. The molecule has 5 nitrogen and oxygen atoms in total. The van der Waals surface area contributed by atoms with Crippen LogP contribution in [0.25, 0.3) is 0 Å². The molecule has 2 atom stereocenters. The zero-order valence-corrected chi connectivity index (χ0v) is 13.7. The Morgan fingerprint density at radius 3 is 2.37 bits per heavy atom. The molecule has 0 spiro atoms. The van der Waals surface area contributed by atoms with Crippen LogP contribution in [0.4, 0.5) is 0 Å². The van der Waals surface area contributed by atoms with Crippen LogP contribution >= 0.6 is 12.4 Å². The van der Waals surface area contributed by atoms with Crippen LogP contribution in [0.1, 0.15) is 34.1 Å². The molecule has 1 aliphatic heterocycles. The van der Waals surface area contributed by atoms with Crippen molar-refractivity contribution in [3.8, 4) is 0 Å². The maximum atomic E-state index is 12.2. The first-order valence-corrected chi connectivity index (χ1v) is 8.04. The third-order valence-corrected chi connectivity index (χ3v) is 6.43. The van der Waals surface area contributed by atoms with Gasteiger partial charge in [-0.15, -0.1) is 12.4 Å². The summed E-state index contributed by atoms with van der Waals surface area (Å²) in [5, 5.41) is 0. The molecule has 0 aromatic rings. The van der Waals surface area contributed by atoms with Crippen LogP contribution < -0.4 is 5.73 Å². The molecule has 2 N–H and O–H groups in total. The lowest BCUT2D eigenvalue weighted by molar-refractivity contribution is -0.134. The Morgan fingerprint density at radius 1 is 1.42 bits per heavy atom. The van der Waals surface area contributed by atoms with Crippen molar-refractivity contribution in [3.05, 3.63) is 0 Å². The minimum Gasteiger partial charge on any atom is -0.339 e. The molecule has 114 valence electrons. The number of nitrogens with two attached hydrogens (primary N) is 1. The molecule has 1 fully saturated rings. The molecule has 0 bridgehead atoms. The Morgan fingerprint density at radius 2 is 1.95 bits per heavy atom. The van der Waals surface area contributed by atoms with Gasteiger partial charge in [-0.05, 0) is 19.8 Å². The van der Waals surface area contributed by atoms with E-state index in [1.807, 2.05) is 13.8 Å². The third-order valence-electron chi connectivity index (χ3n) is 3.90. The highest BCUT2D eigenvalue weighted by Crippen LogP contribution is 2.24. The molecule has 0 aromatic carbocycles. The maximum absolute atomic E-state index is 12.2. The van der Waals surface area contributed by atoms with E-state index in [0.29, 0.717) is 0 Å². The second-order valence-electron chi connectivity index (χ2n) is 5.75. The summed E-state index contributed by atoms with van der Waals surface area (Å²) in [7, 11) is -3.11. The molecule has 2 unspecified atom stereocenters. The van der Waals surface area contributed by atoms with Gasteiger partial charge in [-0.1, -0.05) is 20.3 Å². The van der Waals surface area contributed by atoms with Crippen LogP contribution in [0.15, 0.2) is 0 Å². The van der Waals surface area contributed by atoms with Crippen molar-refractivity contribution < 1.29 is 13.2 Å². The monoisotopic (exact) mass is 312 g/mol. The van der Waals surface area contributed by atoms with E-state index in [9.17, 15) is 13.2 Å². The van der Waals surface area contributed by atoms with Gasteiger partial charge in [0.25, 0.3) is 0 Å². The van der Waals surface area contributed by atoms with E-state index in [4.69, 9.17) is 5.73 Å². The predicted octanol–water partition coefficient (Wildman–Crippen LogP) is 0.817. The highest BCUT2D eigenvalue weighted by molar-refractivity contribution is 7.92. The van der Waals surface area contributed by atoms with Gasteiger partial charge in [0.05, 0.1) is 16.5 Å². The van der Waals surface area contributed by atoms with E-state index in [2.05, 4.69) is 0 Å². The molecule has 1 heterocycles. The number of amides is 1. The Balaban J connectivity index is 0.00000324. The van der Waals surface area contributed by atoms with Crippen molar-refractivity contribution >= 4 is 28.2 Å². The Bertz CT molecular complexity index is 423. The Hall–Kier alpha value is -0.330. The minimum absolute atomic E-state index is 0. The van der Waals surface area contributed by atoms with Crippen LogP contribution in [0.2, 0.25) is 0 Å². The van der Waals surface area contributed by atoms with Gasteiger partial charge in [-0.3, -0.25) is 4.79 Å². The first-order valence-electron chi connectivity index (χ1n) is 6.39. The normalized spacial score (nSPS) is 24.2. The lowest BCUT2D eigenvalue weighted by atomic mass is 9.98. The number of hydrogen-bond acceptors (Lipinski definition) is 4. The molecule has 1 aliphatic rings. The fourth-order valence-corrected chi connectivity index (χ4v) is 3.41. The second-order valence-corrected chi connectivity index (χ2v) is 8.49. The summed E-state index contributed by atoms with van der Waals surface area (Å²) in [6.45, 7) is 7.75. The first-order chi connectivity index (χ1) is 8.12. The van der Waals surface area contributed by atoms with Crippen molar-refractivity contribution in [1.29, 1.82) is 0 Å². The summed E-state index contributed by atoms with van der Waals surface area (Å²) in [6.07, 6.45) is 0.836. The van der Waals surface area contributed by atoms with Gasteiger partial charge in [-0.2, -0.15) is 0 Å². The number of rotatable bonds is 3. The SMILES string of the molecule is CCC(C)C(N)C(=O)N1CCS(=O)(=O)C(C)(C)C1.Cl. The lowest BCUT2D eigenvalue weighted by Gasteiger charge is -2.39. The summed E-state index contributed by atoms with van der Waals surface area (Å²) in [4.78, 5) is 13.8. The van der Waals surface area contributed by atoms with Crippen molar-refractivity contribution in [1.82, 2.24) is 4.90 Å². The summed E-state index contributed by atoms with van der Waals surface area (Å²) >= 11 is 0. The quantitative estimate of drug-likeness (QED) is 0.836. The third kappa shape index (κ3) is 3.83. The number of halogens is 1. The lowest BCUT2D eigenvalue weighted by Crippen LogP contribution is -2.58. The fraction of sp³-hybridized carbons (Fsp3) is 0.917. The molecule has 0 saturated carbocycles. The van der Waals surface area contributed by atoms with Gasteiger partial charge in [-0.25, -0.2) is 8.42 Å². The van der Waals surface area contributed by atoms with Gasteiger partial charge in [0.2, 0.25) is 5.91 Å². The number of hydrogen-bond donors (Lipinski definition) is 1. The largest absolute Gasteiger partial charge is 0.339 e. The zero-order chi connectivity index (χ0) is 14.1. The summed E-state index contributed by atoms with van der Waals surface area (Å²) in [6, 6.07) is -0.536. The summed E-state index contributed by atoms with van der Waals surface area (Å²) in [5.41, 5.74) is 5.92. The number of sulfone groups is 1. The number of nitrogens with zero attached hydrogens (tertiary/aromatic N) is 1. The van der Waals surface area contributed by atoms with Crippen LogP contribution in [0.3, 0.4) is 0 Å². The van der Waals surface area contributed by atoms with E-state index in [1.165, 1.54) is 0 Å². The van der Waals surface area contributed by atoms with E-state index < -0.39 is 20.6 Å². The molecule has 0 radical (unpaired) electrons. The van der Waals surface area contributed by atoms with Crippen LogP contribution in [0, 0.1) is 5.92 Å². The molecule has 7 heteroatoms. The molecule has 0 aromatic heterocycles. The van der Waals surface area contributed by atoms with Crippen molar-refractivity contribution in [2.24, 2.45) is 11.7 Å². The molecule has 1 rings (SSSR count). The molecule has 1 saturated heterocycles. The first kappa shape index (κ1) is 18.7. The van der Waals surface area contributed by atoms with Crippen molar-refractivity contribution in [2.75, 3.05) is 18.8 Å². The average Bonchev–Trinajstić information content (AvgIpc) is 2.29. The van der Waals surface area contributed by atoms with Gasteiger partial charge in [0.1, 0.15) is 0 Å². The van der Waals surface area contributed by atoms with Crippen molar-refractivity contribution in [3.63, 3.8) is 0 Å². The highest BCUT2D eigenvalue weighted by atomic mass is 35.5. The topological polar surface area (TPSA) is 80.5 Å². The standard InChI is InChI=1S/C12H24N2O3S.ClH/c1-5-9(2)10(13)11(15)14-6-7-18(16,17)12(3,4)8-14;/h9-10H,5-8,13H2,1-4H3;1H. The number of carbonyl (C=O) groups is 1. The van der Waals surface area contributed by atoms with Gasteiger partial charge in [0.15, 0.2) is 9.84 Å². The van der Waals surface area contributed by atoms with Gasteiger partial charge >= 0.3 is 0 Å². The molecule has 19 heavy (non-hydrogen) atoms. The summed E-state index contributed by atoms with van der Waals surface area (Å²) in [5.74, 6) is 0.00497. The Kier molecular flexibility index (Phi) is 6.30. The predicted molar refractivity (Wildman–Crippen MR) is 79.1 cm³/mol. The molecular weight excluding hydrogens is 288 g/mol. The molecule has 0 aliphatic carbocycles.